The van der Waals surface area contributed by atoms with Crippen LogP contribution in [-0.2, 0) is 14.6 Å². The maximum atomic E-state index is 13.6. The van der Waals surface area contributed by atoms with E-state index in [1.807, 2.05) is 33.8 Å². The highest BCUT2D eigenvalue weighted by molar-refractivity contribution is 6.74. The number of nitrogens with zero attached hydrogens (tertiary/aromatic N) is 5. The molecule has 2 aromatic carbocycles. The minimum Gasteiger partial charge on any atom is -0.443 e. The lowest BCUT2D eigenvalue weighted by atomic mass is 9.83. The summed E-state index contributed by atoms with van der Waals surface area (Å²) in [5.74, 6) is 0.121. The number of halogens is 1. The first kappa shape index (κ1) is 36.8. The number of hydrogen-bond acceptors (Lipinski definition) is 8. The molecule has 1 aliphatic heterocycles. The van der Waals surface area contributed by atoms with Crippen LogP contribution < -0.4 is 10.2 Å². The van der Waals surface area contributed by atoms with Crippen LogP contribution in [0.4, 0.5) is 22.1 Å². The zero-order valence-electron chi connectivity index (χ0n) is 30.1. The summed E-state index contributed by atoms with van der Waals surface area (Å²) in [5, 5.41) is 14.0. The van der Waals surface area contributed by atoms with E-state index in [9.17, 15) is 14.9 Å². The van der Waals surface area contributed by atoms with E-state index in [-0.39, 0.29) is 10.9 Å². The number of fused-ring (bicyclic) bond motifs is 1. The molecule has 2 amide bonds. The Bertz CT molecular complexity index is 1790. The zero-order valence-corrected chi connectivity index (χ0v) is 31.9. The standard InChI is InChI=1S/C36H47ClN6O4Si/c1-22-26(31(44)42(9)10)17-25(37)18-29(22)41-32-39-14-13-28(40-32)23-15-24(19-38)30-27(16-23)36(8,21-46-48(11,12)35(5,6)7)20-43(30)33(45)47-34(2,3)4/h13-18H,20-21H2,1-12H3,(H,39,40,41). The van der Waals surface area contributed by atoms with Gasteiger partial charge in [0.1, 0.15) is 11.7 Å². The van der Waals surface area contributed by atoms with Crippen LogP contribution in [-0.4, -0.2) is 68.0 Å². The molecule has 2 heterocycles. The molecule has 1 N–H and O–H groups in total. The van der Waals surface area contributed by atoms with E-state index in [0.717, 1.165) is 5.56 Å². The van der Waals surface area contributed by atoms with Crippen molar-refractivity contribution in [2.24, 2.45) is 0 Å². The minimum atomic E-state index is -2.16. The molecule has 1 aliphatic rings. The van der Waals surface area contributed by atoms with Gasteiger partial charge in [0.25, 0.3) is 5.91 Å². The van der Waals surface area contributed by atoms with Crippen molar-refractivity contribution in [2.75, 3.05) is 37.5 Å². The summed E-state index contributed by atoms with van der Waals surface area (Å²) in [7, 11) is 1.21. The van der Waals surface area contributed by atoms with Gasteiger partial charge >= 0.3 is 6.09 Å². The normalized spacial score (nSPS) is 16.3. The quantitative estimate of drug-likeness (QED) is 0.245. The molecule has 0 saturated carbocycles. The molecule has 0 spiro atoms. The highest BCUT2D eigenvalue weighted by Gasteiger charge is 2.47. The minimum absolute atomic E-state index is 0.0124. The number of rotatable bonds is 7. The molecule has 12 heteroatoms. The maximum Gasteiger partial charge on any atom is 0.414 e. The average Bonchev–Trinajstić information content (AvgIpc) is 3.28. The van der Waals surface area contributed by atoms with Gasteiger partial charge in [-0.1, -0.05) is 39.3 Å². The molecular formula is C36H47ClN6O4Si. The Morgan fingerprint density at radius 2 is 1.81 bits per heavy atom. The first-order chi connectivity index (χ1) is 22.1. The van der Waals surface area contributed by atoms with Crippen LogP contribution in [0.25, 0.3) is 11.3 Å². The van der Waals surface area contributed by atoms with Gasteiger partial charge in [-0.2, -0.15) is 5.26 Å². The summed E-state index contributed by atoms with van der Waals surface area (Å²) in [6.45, 7) is 21.0. The van der Waals surface area contributed by atoms with E-state index in [2.05, 4.69) is 57.2 Å². The summed E-state index contributed by atoms with van der Waals surface area (Å²) in [4.78, 5) is 38.6. The molecule has 0 bridgehead atoms. The van der Waals surface area contributed by atoms with Crippen LogP contribution in [0.1, 0.15) is 75.5 Å². The molecule has 0 radical (unpaired) electrons. The first-order valence-corrected chi connectivity index (χ1v) is 19.2. The SMILES string of the molecule is Cc1c(Nc2nccc(-c3cc(C#N)c4c(c3)C(C)(CO[Si](C)(C)C(C)(C)C)CN4C(=O)OC(C)(C)C)n2)cc(Cl)cc1C(=O)N(C)C. The predicted octanol–water partition coefficient (Wildman–Crippen LogP) is 8.46. The second-order valence-electron chi connectivity index (χ2n) is 15.4. The van der Waals surface area contributed by atoms with Crippen molar-refractivity contribution in [1.29, 1.82) is 5.26 Å². The smallest absolute Gasteiger partial charge is 0.414 e. The van der Waals surface area contributed by atoms with E-state index >= 15 is 0 Å². The predicted molar refractivity (Wildman–Crippen MR) is 194 cm³/mol. The Kier molecular flexibility index (Phi) is 10.1. The van der Waals surface area contributed by atoms with Gasteiger partial charge in [-0.25, -0.2) is 14.8 Å². The van der Waals surface area contributed by atoms with E-state index in [0.29, 0.717) is 63.4 Å². The van der Waals surface area contributed by atoms with Crippen molar-refractivity contribution in [3.8, 4) is 17.3 Å². The fraction of sp³-hybridized carbons (Fsp3) is 0.472. The fourth-order valence-corrected chi connectivity index (χ4v) is 6.59. The first-order valence-electron chi connectivity index (χ1n) is 15.9. The fourth-order valence-electron chi connectivity index (χ4n) is 5.26. The number of anilines is 3. The van der Waals surface area contributed by atoms with Gasteiger partial charge in [0, 0.05) is 60.7 Å². The van der Waals surface area contributed by atoms with Gasteiger partial charge in [-0.3, -0.25) is 9.69 Å². The maximum absolute atomic E-state index is 13.6. The molecule has 256 valence electrons. The summed E-state index contributed by atoms with van der Waals surface area (Å²) in [6.07, 6.45) is 1.12. The van der Waals surface area contributed by atoms with Crippen LogP contribution in [0.3, 0.4) is 0 Å². The van der Waals surface area contributed by atoms with Crippen LogP contribution in [0.15, 0.2) is 36.5 Å². The third kappa shape index (κ3) is 7.67. The van der Waals surface area contributed by atoms with Gasteiger partial charge in [-0.05, 0) is 87.3 Å². The number of ether oxygens (including phenoxy) is 1. The summed E-state index contributed by atoms with van der Waals surface area (Å²) in [5.41, 5.74) is 3.34. The molecule has 0 fully saturated rings. The van der Waals surface area contributed by atoms with Gasteiger partial charge in [-0.15, -0.1) is 0 Å². The number of carbonyl (C=O) groups excluding carboxylic acids is 2. The molecule has 3 aromatic rings. The molecule has 0 aliphatic carbocycles. The number of aromatic nitrogens is 2. The van der Waals surface area contributed by atoms with Crippen molar-refractivity contribution in [1.82, 2.24) is 14.9 Å². The third-order valence-corrected chi connectivity index (χ3v) is 13.7. The number of nitrogens with one attached hydrogen (secondary N) is 1. The lowest BCUT2D eigenvalue weighted by Gasteiger charge is -2.39. The summed E-state index contributed by atoms with van der Waals surface area (Å²) in [6, 6.07) is 11.2. The van der Waals surface area contributed by atoms with E-state index in [4.69, 9.17) is 25.7 Å². The Morgan fingerprint density at radius 3 is 2.40 bits per heavy atom. The second kappa shape index (κ2) is 13.1. The summed E-state index contributed by atoms with van der Waals surface area (Å²) >= 11 is 6.40. The van der Waals surface area contributed by atoms with Crippen LogP contribution >= 0.6 is 11.6 Å². The molecule has 0 saturated heterocycles. The van der Waals surface area contributed by atoms with E-state index in [1.54, 1.807) is 49.5 Å². The van der Waals surface area contributed by atoms with Crippen LogP contribution in [0, 0.1) is 18.3 Å². The zero-order chi connectivity index (χ0) is 36.0. The van der Waals surface area contributed by atoms with Crippen molar-refractivity contribution >= 4 is 49.2 Å². The Balaban J connectivity index is 1.80. The monoisotopic (exact) mass is 690 g/mol. The lowest BCUT2D eigenvalue weighted by molar-refractivity contribution is 0.0575. The molecule has 48 heavy (non-hydrogen) atoms. The van der Waals surface area contributed by atoms with Gasteiger partial charge in [0.2, 0.25) is 5.95 Å². The molecule has 10 nitrogen and oxygen atoms in total. The second-order valence-corrected chi connectivity index (χ2v) is 20.7. The molecule has 1 aromatic heterocycles. The van der Waals surface area contributed by atoms with Crippen LogP contribution in [0.2, 0.25) is 23.2 Å². The van der Waals surface area contributed by atoms with Gasteiger partial charge in [0.15, 0.2) is 8.32 Å². The van der Waals surface area contributed by atoms with Gasteiger partial charge < -0.3 is 19.4 Å². The van der Waals surface area contributed by atoms with Crippen molar-refractivity contribution < 1.29 is 18.8 Å². The molecule has 1 unspecified atom stereocenters. The van der Waals surface area contributed by atoms with E-state index in [1.165, 1.54) is 4.90 Å². The highest BCUT2D eigenvalue weighted by atomic mass is 35.5. The number of amides is 2. The highest BCUT2D eigenvalue weighted by Crippen LogP contribution is 2.47. The lowest BCUT2D eigenvalue weighted by Crippen LogP contribution is -2.46. The number of nitriles is 1. The molecular weight excluding hydrogens is 644 g/mol. The number of benzene rings is 2. The average molecular weight is 691 g/mol. The number of hydrogen-bond donors (Lipinski definition) is 1. The Morgan fingerprint density at radius 1 is 1.15 bits per heavy atom. The number of carbonyl (C=O) groups is 2. The molecule has 1 atom stereocenters. The third-order valence-electron chi connectivity index (χ3n) is 9.04. The van der Waals surface area contributed by atoms with Gasteiger partial charge in [0.05, 0.1) is 16.9 Å². The van der Waals surface area contributed by atoms with Crippen molar-refractivity contribution in [2.45, 2.75) is 84.5 Å². The van der Waals surface area contributed by atoms with E-state index < -0.39 is 25.4 Å². The largest absolute Gasteiger partial charge is 0.443 e. The topological polar surface area (TPSA) is 121 Å². The molecule has 4 rings (SSSR count). The van der Waals surface area contributed by atoms with Crippen molar-refractivity contribution in [3.63, 3.8) is 0 Å². The summed E-state index contributed by atoms with van der Waals surface area (Å²) < 4.78 is 12.5. The van der Waals surface area contributed by atoms with Crippen LogP contribution in [0.5, 0.6) is 0 Å². The Labute approximate surface area is 290 Å². The Hall–Kier alpha value is -3.98. The van der Waals surface area contributed by atoms with Crippen molar-refractivity contribution in [3.05, 3.63) is 63.8 Å².